The first kappa shape index (κ1) is 20.6. The Labute approximate surface area is 187 Å². The highest BCUT2D eigenvalue weighted by molar-refractivity contribution is 6.30. The number of hydrogen-bond acceptors (Lipinski definition) is 4. The standard InChI is InChI=1S/C25H27ClN2O3/c1-29-24-5-3-2-4-23(24)28-25(18-6-8-19(26)9-7-18)21-14-20(15-22(21)27-28)31-16-17-10-12-30-13-11-17/h2-9,17,20H,10-16H2,1H3/t20-/m0/s1. The smallest absolute Gasteiger partial charge is 0.144 e. The summed E-state index contributed by atoms with van der Waals surface area (Å²) in [6, 6.07) is 16.0. The van der Waals surface area contributed by atoms with Crippen molar-refractivity contribution in [3.8, 4) is 22.7 Å². The van der Waals surface area contributed by atoms with E-state index in [0.29, 0.717) is 5.92 Å². The van der Waals surface area contributed by atoms with E-state index < -0.39 is 0 Å². The molecule has 1 fully saturated rings. The lowest BCUT2D eigenvalue weighted by molar-refractivity contribution is -0.00744. The van der Waals surface area contributed by atoms with Gasteiger partial charge < -0.3 is 14.2 Å². The van der Waals surface area contributed by atoms with Crippen LogP contribution in [0.25, 0.3) is 16.9 Å². The van der Waals surface area contributed by atoms with Crippen molar-refractivity contribution in [2.45, 2.75) is 31.8 Å². The van der Waals surface area contributed by atoms with Crippen molar-refractivity contribution in [2.75, 3.05) is 26.9 Å². The number of ether oxygens (including phenoxy) is 3. The molecule has 6 heteroatoms. The van der Waals surface area contributed by atoms with Crippen molar-refractivity contribution < 1.29 is 14.2 Å². The van der Waals surface area contributed by atoms with Crippen LogP contribution in [-0.2, 0) is 22.3 Å². The molecular formula is C25H27ClN2O3. The van der Waals surface area contributed by atoms with Crippen LogP contribution >= 0.6 is 11.6 Å². The molecule has 5 nitrogen and oxygen atoms in total. The van der Waals surface area contributed by atoms with E-state index in [1.54, 1.807) is 7.11 Å². The van der Waals surface area contributed by atoms with Crippen LogP contribution in [0.15, 0.2) is 48.5 Å². The Hall–Kier alpha value is -2.34. The van der Waals surface area contributed by atoms with Gasteiger partial charge in [0.1, 0.15) is 11.4 Å². The maximum atomic E-state index is 6.33. The second-order valence-corrected chi connectivity index (χ2v) is 8.72. The Bertz CT molecular complexity index is 1040. The number of aromatic nitrogens is 2. The van der Waals surface area contributed by atoms with Gasteiger partial charge in [-0.3, -0.25) is 0 Å². The summed E-state index contributed by atoms with van der Waals surface area (Å²) < 4.78 is 19.4. The van der Waals surface area contributed by atoms with Crippen molar-refractivity contribution in [3.05, 3.63) is 64.8 Å². The van der Waals surface area contributed by atoms with E-state index in [0.717, 1.165) is 78.9 Å². The molecule has 1 aromatic heterocycles. The highest BCUT2D eigenvalue weighted by atomic mass is 35.5. The lowest BCUT2D eigenvalue weighted by Gasteiger charge is -2.23. The van der Waals surface area contributed by atoms with E-state index in [4.69, 9.17) is 30.9 Å². The Morgan fingerprint density at radius 1 is 1.06 bits per heavy atom. The predicted molar refractivity (Wildman–Crippen MR) is 121 cm³/mol. The van der Waals surface area contributed by atoms with Crippen LogP contribution in [0, 0.1) is 5.92 Å². The van der Waals surface area contributed by atoms with Crippen LogP contribution in [0.4, 0.5) is 0 Å². The van der Waals surface area contributed by atoms with Crippen molar-refractivity contribution in [2.24, 2.45) is 5.92 Å². The van der Waals surface area contributed by atoms with E-state index >= 15 is 0 Å². The number of hydrogen-bond donors (Lipinski definition) is 0. The first-order valence-electron chi connectivity index (χ1n) is 10.9. The SMILES string of the molecule is COc1ccccc1-n1nc2c(c1-c1ccc(Cl)cc1)C[C@H](OCC1CCOCC1)C2. The lowest BCUT2D eigenvalue weighted by Crippen LogP contribution is -2.24. The molecule has 0 radical (unpaired) electrons. The van der Waals surface area contributed by atoms with Crippen molar-refractivity contribution >= 4 is 11.6 Å². The minimum absolute atomic E-state index is 0.179. The van der Waals surface area contributed by atoms with Crippen LogP contribution in [0.1, 0.15) is 24.1 Å². The van der Waals surface area contributed by atoms with Gasteiger partial charge in [0.05, 0.1) is 24.6 Å². The number of methoxy groups -OCH3 is 1. The Morgan fingerprint density at radius 3 is 2.61 bits per heavy atom. The van der Waals surface area contributed by atoms with Gasteiger partial charge in [-0.05, 0) is 43.0 Å². The van der Waals surface area contributed by atoms with Crippen LogP contribution in [0.3, 0.4) is 0 Å². The van der Waals surface area contributed by atoms with E-state index in [2.05, 4.69) is 12.1 Å². The third kappa shape index (κ3) is 4.22. The van der Waals surface area contributed by atoms with Gasteiger partial charge in [-0.25, -0.2) is 4.68 Å². The second-order valence-electron chi connectivity index (χ2n) is 8.28. The van der Waals surface area contributed by atoms with E-state index in [9.17, 15) is 0 Å². The third-order valence-electron chi connectivity index (χ3n) is 6.26. The summed E-state index contributed by atoms with van der Waals surface area (Å²) in [5.41, 5.74) is 5.48. The van der Waals surface area contributed by atoms with Gasteiger partial charge in [0.25, 0.3) is 0 Å². The molecule has 0 spiro atoms. The molecule has 2 aliphatic rings. The fourth-order valence-corrected chi connectivity index (χ4v) is 4.70. The van der Waals surface area contributed by atoms with Gasteiger partial charge in [0.15, 0.2) is 0 Å². The summed E-state index contributed by atoms with van der Waals surface area (Å²) in [6.07, 6.45) is 4.06. The molecule has 0 saturated carbocycles. The maximum Gasteiger partial charge on any atom is 0.144 e. The third-order valence-corrected chi connectivity index (χ3v) is 6.51. The summed E-state index contributed by atoms with van der Waals surface area (Å²) in [7, 11) is 1.69. The summed E-state index contributed by atoms with van der Waals surface area (Å²) in [5.74, 6) is 1.40. The van der Waals surface area contributed by atoms with Crippen LogP contribution in [0.5, 0.6) is 5.75 Å². The summed E-state index contributed by atoms with van der Waals surface area (Å²) in [6.45, 7) is 2.51. The Morgan fingerprint density at radius 2 is 1.84 bits per heavy atom. The first-order valence-corrected chi connectivity index (χ1v) is 11.3. The molecule has 2 aromatic carbocycles. The number of rotatable bonds is 6. The molecule has 3 aromatic rings. The highest BCUT2D eigenvalue weighted by Crippen LogP contribution is 2.37. The number of benzene rings is 2. The minimum atomic E-state index is 0.179. The van der Waals surface area contributed by atoms with Gasteiger partial charge in [-0.15, -0.1) is 0 Å². The Kier molecular flexibility index (Phi) is 5.99. The molecule has 1 saturated heterocycles. The number of para-hydroxylation sites is 2. The normalized spacial score (nSPS) is 18.8. The summed E-state index contributed by atoms with van der Waals surface area (Å²) >= 11 is 6.16. The van der Waals surface area contributed by atoms with Crippen molar-refractivity contribution in [1.29, 1.82) is 0 Å². The molecular weight excluding hydrogens is 412 g/mol. The topological polar surface area (TPSA) is 45.5 Å². The average Bonchev–Trinajstić information content (AvgIpc) is 3.36. The van der Waals surface area contributed by atoms with Gasteiger partial charge in [0, 0.05) is 48.8 Å². The summed E-state index contributed by atoms with van der Waals surface area (Å²) in [5, 5.41) is 5.74. The zero-order valence-electron chi connectivity index (χ0n) is 17.7. The minimum Gasteiger partial charge on any atom is -0.494 e. The molecule has 1 atom stereocenters. The van der Waals surface area contributed by atoms with Gasteiger partial charge in [0.2, 0.25) is 0 Å². The fourth-order valence-electron chi connectivity index (χ4n) is 4.58. The molecule has 1 aliphatic heterocycles. The van der Waals surface area contributed by atoms with Crippen LogP contribution in [-0.4, -0.2) is 42.8 Å². The largest absolute Gasteiger partial charge is 0.494 e. The lowest BCUT2D eigenvalue weighted by atomic mass is 10.0. The molecule has 162 valence electrons. The van der Waals surface area contributed by atoms with Crippen molar-refractivity contribution in [1.82, 2.24) is 9.78 Å². The molecule has 0 N–H and O–H groups in total. The van der Waals surface area contributed by atoms with Gasteiger partial charge >= 0.3 is 0 Å². The fraction of sp³-hybridized carbons (Fsp3) is 0.400. The van der Waals surface area contributed by atoms with E-state index in [1.165, 1.54) is 5.56 Å². The molecule has 0 unspecified atom stereocenters. The van der Waals surface area contributed by atoms with Gasteiger partial charge in [-0.2, -0.15) is 5.10 Å². The van der Waals surface area contributed by atoms with Gasteiger partial charge in [-0.1, -0.05) is 35.9 Å². The highest BCUT2D eigenvalue weighted by Gasteiger charge is 2.32. The zero-order valence-corrected chi connectivity index (χ0v) is 18.5. The van der Waals surface area contributed by atoms with Crippen molar-refractivity contribution in [3.63, 3.8) is 0 Å². The zero-order chi connectivity index (χ0) is 21.2. The first-order chi connectivity index (χ1) is 15.2. The monoisotopic (exact) mass is 438 g/mol. The molecule has 1 aliphatic carbocycles. The quantitative estimate of drug-likeness (QED) is 0.536. The second kappa shape index (κ2) is 9.03. The molecule has 0 amide bonds. The van der Waals surface area contributed by atoms with Crippen LogP contribution < -0.4 is 4.74 Å². The predicted octanol–water partition coefficient (Wildman–Crippen LogP) is 5.11. The van der Waals surface area contributed by atoms with E-state index in [-0.39, 0.29) is 6.10 Å². The number of halogens is 1. The molecule has 5 rings (SSSR count). The van der Waals surface area contributed by atoms with Crippen LogP contribution in [0.2, 0.25) is 5.02 Å². The summed E-state index contributed by atoms with van der Waals surface area (Å²) in [4.78, 5) is 0. The maximum absolute atomic E-state index is 6.33. The number of nitrogens with zero attached hydrogens (tertiary/aromatic N) is 2. The molecule has 2 heterocycles. The molecule has 0 bridgehead atoms. The average molecular weight is 439 g/mol. The number of fused-ring (bicyclic) bond motifs is 1. The Balaban J connectivity index is 1.46. The van der Waals surface area contributed by atoms with E-state index in [1.807, 2.05) is 41.1 Å². The molecule has 31 heavy (non-hydrogen) atoms.